The maximum Gasteiger partial charge on any atom is 0.337 e. The van der Waals surface area contributed by atoms with Crippen molar-refractivity contribution in [2.75, 3.05) is 12.4 Å². The highest BCUT2D eigenvalue weighted by atomic mass is 35.5. The zero-order chi connectivity index (χ0) is 15.2. The van der Waals surface area contributed by atoms with Gasteiger partial charge in [0.2, 0.25) is 5.91 Å². The second kappa shape index (κ2) is 6.90. The molecule has 0 saturated heterocycles. The van der Waals surface area contributed by atoms with Gasteiger partial charge in [0.1, 0.15) is 0 Å². The number of ether oxygens (including phenoxy) is 1. The molecule has 0 radical (unpaired) electrons. The summed E-state index contributed by atoms with van der Waals surface area (Å²) in [5.41, 5.74) is 1.81. The van der Waals surface area contributed by atoms with E-state index in [9.17, 15) is 9.59 Å². The third-order valence-corrected chi connectivity index (χ3v) is 3.10. The van der Waals surface area contributed by atoms with Crippen LogP contribution in [-0.2, 0) is 16.0 Å². The van der Waals surface area contributed by atoms with Crippen molar-refractivity contribution >= 4 is 29.2 Å². The van der Waals surface area contributed by atoms with E-state index in [1.807, 2.05) is 0 Å². The number of rotatable bonds is 4. The van der Waals surface area contributed by atoms with Crippen molar-refractivity contribution in [3.8, 4) is 0 Å². The summed E-state index contributed by atoms with van der Waals surface area (Å²) in [5.74, 6) is -0.608. The summed E-state index contributed by atoms with van der Waals surface area (Å²) in [6, 6.07) is 13.7. The van der Waals surface area contributed by atoms with Crippen LogP contribution in [0.15, 0.2) is 48.5 Å². The van der Waals surface area contributed by atoms with Crippen molar-refractivity contribution in [3.63, 3.8) is 0 Å². The minimum Gasteiger partial charge on any atom is -0.465 e. The summed E-state index contributed by atoms with van der Waals surface area (Å²) in [6.07, 6.45) is 0.236. The van der Waals surface area contributed by atoms with E-state index in [1.54, 1.807) is 48.5 Å². The number of halogens is 1. The molecule has 2 aromatic carbocycles. The zero-order valence-corrected chi connectivity index (χ0v) is 12.2. The molecule has 108 valence electrons. The van der Waals surface area contributed by atoms with Gasteiger partial charge in [0, 0.05) is 10.7 Å². The van der Waals surface area contributed by atoms with Crippen molar-refractivity contribution in [2.24, 2.45) is 0 Å². The van der Waals surface area contributed by atoms with Gasteiger partial charge in [0.25, 0.3) is 0 Å². The smallest absolute Gasteiger partial charge is 0.337 e. The number of carbonyl (C=O) groups excluding carboxylic acids is 2. The van der Waals surface area contributed by atoms with Gasteiger partial charge >= 0.3 is 5.97 Å². The Morgan fingerprint density at radius 2 is 1.86 bits per heavy atom. The predicted octanol–water partition coefficient (Wildman–Crippen LogP) is 3.31. The van der Waals surface area contributed by atoms with Gasteiger partial charge in [-0.05, 0) is 35.9 Å². The number of anilines is 1. The number of esters is 1. The van der Waals surface area contributed by atoms with Crippen LogP contribution >= 0.6 is 11.6 Å². The van der Waals surface area contributed by atoms with Gasteiger partial charge in [-0.2, -0.15) is 0 Å². The van der Waals surface area contributed by atoms with Crippen molar-refractivity contribution in [2.45, 2.75) is 6.42 Å². The van der Waals surface area contributed by atoms with Gasteiger partial charge in [-0.1, -0.05) is 29.8 Å². The Hall–Kier alpha value is -2.33. The van der Waals surface area contributed by atoms with E-state index in [0.717, 1.165) is 5.56 Å². The Morgan fingerprint density at radius 1 is 1.14 bits per heavy atom. The maximum atomic E-state index is 12.0. The van der Waals surface area contributed by atoms with Gasteiger partial charge < -0.3 is 10.1 Å². The van der Waals surface area contributed by atoms with Crippen LogP contribution < -0.4 is 5.32 Å². The lowest BCUT2D eigenvalue weighted by Gasteiger charge is -2.07. The van der Waals surface area contributed by atoms with Gasteiger partial charge in [0.15, 0.2) is 0 Å². The Kier molecular flexibility index (Phi) is 4.95. The number of methoxy groups -OCH3 is 1. The molecule has 0 atom stereocenters. The number of hydrogen-bond acceptors (Lipinski definition) is 3. The molecule has 21 heavy (non-hydrogen) atoms. The van der Waals surface area contributed by atoms with Crippen LogP contribution in [0.1, 0.15) is 15.9 Å². The number of hydrogen-bond donors (Lipinski definition) is 1. The predicted molar refractivity (Wildman–Crippen MR) is 81.6 cm³/mol. The van der Waals surface area contributed by atoms with Crippen LogP contribution in [0.5, 0.6) is 0 Å². The minimum absolute atomic E-state index is 0.167. The normalized spacial score (nSPS) is 10.0. The lowest BCUT2D eigenvalue weighted by Crippen LogP contribution is -2.14. The Bertz CT molecular complexity index is 653. The number of benzene rings is 2. The van der Waals surface area contributed by atoms with Gasteiger partial charge in [0.05, 0.1) is 19.1 Å². The van der Waals surface area contributed by atoms with Crippen LogP contribution in [0.25, 0.3) is 0 Å². The summed E-state index contributed by atoms with van der Waals surface area (Å²) in [7, 11) is 1.31. The summed E-state index contributed by atoms with van der Waals surface area (Å²) >= 11 is 5.79. The van der Waals surface area contributed by atoms with E-state index in [-0.39, 0.29) is 12.3 Å². The van der Waals surface area contributed by atoms with E-state index in [2.05, 4.69) is 10.1 Å². The quantitative estimate of drug-likeness (QED) is 0.882. The fourth-order valence-electron chi connectivity index (χ4n) is 1.83. The molecule has 0 aliphatic carbocycles. The van der Waals surface area contributed by atoms with Gasteiger partial charge in [-0.25, -0.2) is 4.79 Å². The SMILES string of the molecule is COC(=O)c1cccc(NC(=O)Cc2ccc(Cl)cc2)c1. The van der Waals surface area contributed by atoms with Crippen LogP contribution in [0.3, 0.4) is 0 Å². The number of carbonyl (C=O) groups is 2. The van der Waals surface area contributed by atoms with Crippen molar-refractivity contribution in [1.29, 1.82) is 0 Å². The molecule has 2 rings (SSSR count). The molecular weight excluding hydrogens is 290 g/mol. The van der Waals surface area contributed by atoms with Gasteiger partial charge in [-0.15, -0.1) is 0 Å². The second-order valence-electron chi connectivity index (χ2n) is 4.42. The first-order valence-corrected chi connectivity index (χ1v) is 6.69. The average Bonchev–Trinajstić information content (AvgIpc) is 2.49. The number of amides is 1. The van der Waals surface area contributed by atoms with E-state index in [1.165, 1.54) is 7.11 Å². The topological polar surface area (TPSA) is 55.4 Å². The molecule has 0 bridgehead atoms. The molecule has 0 aromatic heterocycles. The lowest BCUT2D eigenvalue weighted by molar-refractivity contribution is -0.115. The summed E-state index contributed by atoms with van der Waals surface area (Å²) < 4.78 is 4.64. The molecule has 1 N–H and O–H groups in total. The fourth-order valence-corrected chi connectivity index (χ4v) is 1.96. The Labute approximate surface area is 127 Å². The summed E-state index contributed by atoms with van der Waals surface area (Å²) in [5, 5.41) is 3.37. The zero-order valence-electron chi connectivity index (χ0n) is 11.4. The third-order valence-electron chi connectivity index (χ3n) is 2.85. The molecule has 0 fully saturated rings. The Morgan fingerprint density at radius 3 is 2.52 bits per heavy atom. The largest absolute Gasteiger partial charge is 0.465 e. The minimum atomic E-state index is -0.441. The molecule has 5 heteroatoms. The number of nitrogens with one attached hydrogen (secondary N) is 1. The summed E-state index contributed by atoms with van der Waals surface area (Å²) in [4.78, 5) is 23.4. The van der Waals surface area contributed by atoms with Crippen LogP contribution in [-0.4, -0.2) is 19.0 Å². The molecule has 1 amide bonds. The molecule has 0 saturated carbocycles. The van der Waals surface area contributed by atoms with E-state index >= 15 is 0 Å². The fraction of sp³-hybridized carbons (Fsp3) is 0.125. The Balaban J connectivity index is 2.02. The molecule has 4 nitrogen and oxygen atoms in total. The lowest BCUT2D eigenvalue weighted by atomic mass is 10.1. The summed E-state index contributed by atoms with van der Waals surface area (Å²) in [6.45, 7) is 0. The molecule has 0 heterocycles. The van der Waals surface area contributed by atoms with Crippen LogP contribution in [0.4, 0.5) is 5.69 Å². The van der Waals surface area contributed by atoms with Crippen LogP contribution in [0.2, 0.25) is 5.02 Å². The molecule has 0 unspecified atom stereocenters. The van der Waals surface area contributed by atoms with Crippen LogP contribution in [0, 0.1) is 0 Å². The molecule has 0 aliphatic rings. The van der Waals surface area contributed by atoms with Crippen molar-refractivity contribution in [3.05, 3.63) is 64.7 Å². The first-order chi connectivity index (χ1) is 10.1. The first kappa shape index (κ1) is 15.1. The molecule has 0 spiro atoms. The highest BCUT2D eigenvalue weighted by Crippen LogP contribution is 2.13. The monoisotopic (exact) mass is 303 g/mol. The highest BCUT2D eigenvalue weighted by Gasteiger charge is 2.08. The van der Waals surface area contributed by atoms with Crippen molar-refractivity contribution < 1.29 is 14.3 Å². The molecule has 2 aromatic rings. The standard InChI is InChI=1S/C16H14ClNO3/c1-21-16(20)12-3-2-4-14(10-12)18-15(19)9-11-5-7-13(17)8-6-11/h2-8,10H,9H2,1H3,(H,18,19). The highest BCUT2D eigenvalue weighted by molar-refractivity contribution is 6.30. The molecule has 0 aliphatic heterocycles. The third kappa shape index (κ3) is 4.33. The maximum absolute atomic E-state index is 12.0. The van der Waals surface area contributed by atoms with Gasteiger partial charge in [-0.3, -0.25) is 4.79 Å². The van der Waals surface area contributed by atoms with E-state index < -0.39 is 5.97 Å². The van der Waals surface area contributed by atoms with E-state index in [4.69, 9.17) is 11.6 Å². The second-order valence-corrected chi connectivity index (χ2v) is 4.86. The van der Waals surface area contributed by atoms with Crippen molar-refractivity contribution in [1.82, 2.24) is 0 Å². The average molecular weight is 304 g/mol. The van der Waals surface area contributed by atoms with E-state index in [0.29, 0.717) is 16.3 Å². The molecular formula is C16H14ClNO3. The first-order valence-electron chi connectivity index (χ1n) is 6.31.